The fraction of sp³-hybridized carbons (Fsp3) is 0.885. The van der Waals surface area contributed by atoms with Gasteiger partial charge in [0.15, 0.2) is 0 Å². The molecule has 1 heterocycles. The van der Waals surface area contributed by atoms with Gasteiger partial charge in [0.1, 0.15) is 5.78 Å². The molecule has 2 unspecified atom stereocenters. The van der Waals surface area contributed by atoms with Crippen molar-refractivity contribution < 1.29 is 4.79 Å². The van der Waals surface area contributed by atoms with Crippen LogP contribution in [0.15, 0.2) is 11.6 Å². The van der Waals surface area contributed by atoms with Crippen molar-refractivity contribution in [2.45, 2.75) is 85.0 Å². The number of carbonyl (C=O) groups excluding carboxylic acids is 1. The Balaban J connectivity index is 1.45. The number of fused-ring (bicyclic) bond motifs is 5. The van der Waals surface area contributed by atoms with Gasteiger partial charge in [0.25, 0.3) is 0 Å². The molecule has 0 radical (unpaired) electrons. The van der Waals surface area contributed by atoms with Crippen molar-refractivity contribution in [1.82, 2.24) is 5.32 Å². The summed E-state index contributed by atoms with van der Waals surface area (Å²) in [7, 11) is 0. The zero-order valence-electron chi connectivity index (χ0n) is 18.4. The van der Waals surface area contributed by atoms with Gasteiger partial charge in [0, 0.05) is 19.4 Å². The first-order chi connectivity index (χ1) is 13.5. The highest BCUT2D eigenvalue weighted by molar-refractivity contribution is 5.79. The van der Waals surface area contributed by atoms with Crippen LogP contribution in [0, 0.1) is 46.3 Å². The highest BCUT2D eigenvalue weighted by Gasteiger charge is 2.61. The minimum absolute atomic E-state index is 0.431. The molecule has 2 heteroatoms. The number of nitrogens with one attached hydrogen (secondary N) is 1. The third kappa shape index (κ3) is 2.72. The van der Waals surface area contributed by atoms with Gasteiger partial charge in [0.05, 0.1) is 0 Å². The molecule has 0 aromatic carbocycles. The summed E-state index contributed by atoms with van der Waals surface area (Å²) in [6.07, 6.45) is 15.1. The lowest BCUT2D eigenvalue weighted by Crippen LogP contribution is -2.56. The molecule has 5 rings (SSSR count). The molecule has 3 saturated carbocycles. The number of rotatable bonds is 2. The Kier molecular flexibility index (Phi) is 4.81. The summed E-state index contributed by atoms with van der Waals surface area (Å²) in [5.74, 6) is 5.47. The summed E-state index contributed by atoms with van der Waals surface area (Å²) in [6.45, 7) is 10.1. The number of Topliss-reactive ketones (excluding diaryl/α,β-unsaturated/α-hetero) is 1. The van der Waals surface area contributed by atoms with E-state index in [2.05, 4.69) is 32.2 Å². The second kappa shape index (κ2) is 6.96. The molecule has 5 aliphatic rings. The molecule has 2 nitrogen and oxygen atoms in total. The Hall–Kier alpha value is -0.630. The number of allylic oxidation sites excluding steroid dienone is 1. The molecule has 1 aliphatic heterocycles. The second-order valence-electron chi connectivity index (χ2n) is 11.5. The third-order valence-electron chi connectivity index (χ3n) is 10.6. The van der Waals surface area contributed by atoms with Crippen LogP contribution in [0.4, 0.5) is 0 Å². The maximum Gasteiger partial charge on any atom is 0.133 e. The van der Waals surface area contributed by atoms with Crippen molar-refractivity contribution in [3.8, 4) is 0 Å². The van der Waals surface area contributed by atoms with E-state index in [9.17, 15) is 4.79 Å². The number of ketones is 1. The van der Waals surface area contributed by atoms with Gasteiger partial charge in [-0.15, -0.1) is 0 Å². The predicted molar refractivity (Wildman–Crippen MR) is 115 cm³/mol. The minimum atomic E-state index is 0.431. The van der Waals surface area contributed by atoms with E-state index in [1.54, 1.807) is 0 Å². The molecule has 28 heavy (non-hydrogen) atoms. The summed E-state index contributed by atoms with van der Waals surface area (Å²) in [5.41, 5.74) is 2.72. The topological polar surface area (TPSA) is 29.1 Å². The van der Waals surface area contributed by atoms with Crippen LogP contribution in [-0.2, 0) is 4.79 Å². The maximum absolute atomic E-state index is 12.3. The lowest BCUT2D eigenvalue weighted by molar-refractivity contribution is -0.147. The van der Waals surface area contributed by atoms with Crippen LogP contribution in [0.1, 0.15) is 85.0 Å². The highest BCUT2D eigenvalue weighted by Crippen LogP contribution is 2.68. The smallest absolute Gasteiger partial charge is 0.133 e. The molecule has 4 aliphatic carbocycles. The fourth-order valence-electron chi connectivity index (χ4n) is 9.00. The first-order valence-electron chi connectivity index (χ1n) is 12.4. The summed E-state index contributed by atoms with van der Waals surface area (Å²) in [4.78, 5) is 12.3. The average Bonchev–Trinajstić information content (AvgIpc) is 3.06. The van der Waals surface area contributed by atoms with E-state index < -0.39 is 0 Å². The van der Waals surface area contributed by atoms with Gasteiger partial charge in [-0.3, -0.25) is 4.79 Å². The van der Waals surface area contributed by atoms with Crippen LogP contribution in [0.5, 0.6) is 0 Å². The quantitative estimate of drug-likeness (QED) is 0.613. The Bertz CT molecular complexity index is 661. The summed E-state index contributed by atoms with van der Waals surface area (Å²) in [6, 6.07) is 0. The van der Waals surface area contributed by atoms with Gasteiger partial charge < -0.3 is 5.32 Å². The van der Waals surface area contributed by atoms with E-state index in [0.29, 0.717) is 22.5 Å². The van der Waals surface area contributed by atoms with Crippen molar-refractivity contribution in [2.75, 3.05) is 13.1 Å². The lowest BCUT2D eigenvalue weighted by atomic mass is 9.42. The number of hydrogen-bond acceptors (Lipinski definition) is 2. The lowest BCUT2D eigenvalue weighted by Gasteiger charge is -2.62. The van der Waals surface area contributed by atoms with E-state index in [1.807, 2.05) is 5.57 Å². The molecule has 0 amide bonds. The van der Waals surface area contributed by atoms with E-state index in [-0.39, 0.29) is 0 Å². The molecule has 0 spiro atoms. The third-order valence-corrected chi connectivity index (χ3v) is 10.6. The van der Waals surface area contributed by atoms with E-state index >= 15 is 0 Å². The SMILES string of the molecule is CC[C@H]1CC2CC(=O)CC[C@]2(C)[C@H]2CC[C@]3(C)C(C4CCCNC4)=CC[C@H]3[C@H]12. The Morgan fingerprint density at radius 2 is 2.04 bits per heavy atom. The standard InChI is InChI=1S/C26H41NO/c1-4-17-14-19-15-20(28)9-11-25(19,2)23-10-12-26(3)21(7-8-22(26)24(17)23)18-6-5-13-27-16-18/h7,17-19,22-24,27H,4-6,8-16H2,1-3H3/t17-,18?,19?,22-,23-,24-,25-,26+/m0/s1. The van der Waals surface area contributed by atoms with Gasteiger partial charge in [0.2, 0.25) is 0 Å². The zero-order chi connectivity index (χ0) is 19.5. The van der Waals surface area contributed by atoms with Gasteiger partial charge in [-0.1, -0.05) is 38.8 Å². The summed E-state index contributed by atoms with van der Waals surface area (Å²) in [5, 5.41) is 3.68. The van der Waals surface area contributed by atoms with Gasteiger partial charge in [-0.25, -0.2) is 0 Å². The number of carbonyl (C=O) groups is 1. The molecular weight excluding hydrogens is 342 g/mol. The molecule has 8 atom stereocenters. The van der Waals surface area contributed by atoms with Crippen molar-refractivity contribution >= 4 is 5.78 Å². The van der Waals surface area contributed by atoms with Gasteiger partial charge in [-0.2, -0.15) is 0 Å². The molecule has 0 aromatic heterocycles. The summed E-state index contributed by atoms with van der Waals surface area (Å²) >= 11 is 0. The predicted octanol–water partition coefficient (Wildman–Crippen LogP) is 5.77. The van der Waals surface area contributed by atoms with Crippen molar-refractivity contribution in [3.05, 3.63) is 11.6 Å². The van der Waals surface area contributed by atoms with E-state index in [1.165, 1.54) is 64.5 Å². The largest absolute Gasteiger partial charge is 0.316 e. The second-order valence-corrected chi connectivity index (χ2v) is 11.5. The van der Waals surface area contributed by atoms with Gasteiger partial charge >= 0.3 is 0 Å². The van der Waals surface area contributed by atoms with Crippen LogP contribution in [0.3, 0.4) is 0 Å². The first kappa shape index (κ1) is 19.3. The molecule has 4 fully saturated rings. The zero-order valence-corrected chi connectivity index (χ0v) is 18.4. The Labute approximate surface area is 172 Å². The fourth-order valence-corrected chi connectivity index (χ4v) is 9.00. The number of piperidine rings is 1. The monoisotopic (exact) mass is 383 g/mol. The molecule has 0 aromatic rings. The van der Waals surface area contributed by atoms with E-state index in [4.69, 9.17) is 0 Å². The van der Waals surface area contributed by atoms with Crippen LogP contribution in [0.25, 0.3) is 0 Å². The normalized spacial score (nSPS) is 51.1. The van der Waals surface area contributed by atoms with Crippen molar-refractivity contribution in [2.24, 2.45) is 46.3 Å². The highest BCUT2D eigenvalue weighted by atomic mass is 16.1. The van der Waals surface area contributed by atoms with Crippen LogP contribution < -0.4 is 5.32 Å². The molecule has 156 valence electrons. The van der Waals surface area contributed by atoms with E-state index in [0.717, 1.165) is 42.4 Å². The minimum Gasteiger partial charge on any atom is -0.316 e. The molecule has 1 N–H and O–H groups in total. The first-order valence-corrected chi connectivity index (χ1v) is 12.4. The van der Waals surface area contributed by atoms with Gasteiger partial charge in [-0.05, 0) is 97.8 Å². The van der Waals surface area contributed by atoms with Crippen molar-refractivity contribution in [1.29, 1.82) is 0 Å². The maximum atomic E-state index is 12.3. The number of hydrogen-bond donors (Lipinski definition) is 1. The Morgan fingerprint density at radius 1 is 1.18 bits per heavy atom. The van der Waals surface area contributed by atoms with Crippen LogP contribution >= 0.6 is 0 Å². The molecule has 1 saturated heterocycles. The average molecular weight is 384 g/mol. The van der Waals surface area contributed by atoms with Crippen LogP contribution in [0.2, 0.25) is 0 Å². The molecular formula is C26H41NO. The van der Waals surface area contributed by atoms with Crippen molar-refractivity contribution in [3.63, 3.8) is 0 Å². The van der Waals surface area contributed by atoms with Crippen LogP contribution in [-0.4, -0.2) is 18.9 Å². The molecule has 0 bridgehead atoms. The Morgan fingerprint density at radius 3 is 2.79 bits per heavy atom. The summed E-state index contributed by atoms with van der Waals surface area (Å²) < 4.78 is 0.